The minimum Gasteiger partial charge on any atom is -0.352 e. The lowest BCUT2D eigenvalue weighted by molar-refractivity contribution is -0.130. The Bertz CT molecular complexity index is 1820. The maximum Gasteiger partial charge on any atom is 0.271 e. The maximum absolute atomic E-state index is 13.7. The Labute approximate surface area is 293 Å². The van der Waals surface area contributed by atoms with Gasteiger partial charge in [0.05, 0.1) is 10.9 Å². The predicted molar refractivity (Wildman–Crippen MR) is 199 cm³/mol. The number of hydrogen-bond donors (Lipinski definition) is 6. The van der Waals surface area contributed by atoms with Crippen molar-refractivity contribution in [3.8, 4) is 11.1 Å². The molecule has 7 N–H and O–H groups in total. The average Bonchev–Trinajstić information content (AvgIpc) is 3.50. The lowest BCUT2D eigenvalue weighted by Crippen LogP contribution is -2.48. The number of carbonyl (C=O) groups excluding carboxylic acids is 3. The van der Waals surface area contributed by atoms with Gasteiger partial charge in [-0.25, -0.2) is 0 Å². The molecule has 1 saturated carbocycles. The zero-order chi connectivity index (χ0) is 35.6. The SMILES string of the molecule is CCN(CC)CCCNC(=O)c1ccc(-c2ccc(CC(NC(=O)C3CCC(CN)CC3)C(=O)Nc3ccc4c(=O)[nH][nH]c4c3)cc2)c(C)c1. The number of aromatic amines is 2. The molecule has 0 radical (unpaired) electrons. The lowest BCUT2D eigenvalue weighted by Gasteiger charge is -2.28. The van der Waals surface area contributed by atoms with Crippen LogP contribution in [0.3, 0.4) is 0 Å². The summed E-state index contributed by atoms with van der Waals surface area (Å²) < 4.78 is 0. The van der Waals surface area contributed by atoms with Crippen molar-refractivity contribution >= 4 is 34.3 Å². The summed E-state index contributed by atoms with van der Waals surface area (Å²) in [6, 6.07) is 17.9. The van der Waals surface area contributed by atoms with Gasteiger partial charge in [-0.05, 0) is 124 Å². The number of H-pyrrole nitrogens is 2. The number of amides is 3. The van der Waals surface area contributed by atoms with E-state index in [0.717, 1.165) is 74.0 Å². The van der Waals surface area contributed by atoms with E-state index in [1.807, 2.05) is 49.4 Å². The van der Waals surface area contributed by atoms with Crippen LogP contribution >= 0.6 is 0 Å². The number of anilines is 1. The Kier molecular flexibility index (Phi) is 12.6. The first-order valence-electron chi connectivity index (χ1n) is 17.9. The second-order valence-electron chi connectivity index (χ2n) is 13.4. The number of aromatic nitrogens is 2. The van der Waals surface area contributed by atoms with Gasteiger partial charge in [0.15, 0.2) is 0 Å². The number of fused-ring (bicyclic) bond motifs is 1. The van der Waals surface area contributed by atoms with Crippen LogP contribution < -0.4 is 27.2 Å². The summed E-state index contributed by atoms with van der Waals surface area (Å²) >= 11 is 0. The number of nitrogens with two attached hydrogens (primary N) is 1. The third-order valence-electron chi connectivity index (χ3n) is 10.1. The largest absolute Gasteiger partial charge is 0.352 e. The van der Waals surface area contributed by atoms with E-state index in [2.05, 4.69) is 44.9 Å². The van der Waals surface area contributed by atoms with Gasteiger partial charge in [0.2, 0.25) is 11.8 Å². The molecule has 266 valence electrons. The van der Waals surface area contributed by atoms with Crippen LogP contribution in [0.4, 0.5) is 5.69 Å². The summed E-state index contributed by atoms with van der Waals surface area (Å²) in [7, 11) is 0. The summed E-state index contributed by atoms with van der Waals surface area (Å²) in [5.74, 6) is -0.248. The second-order valence-corrected chi connectivity index (χ2v) is 13.4. The van der Waals surface area contributed by atoms with Gasteiger partial charge in [-0.2, -0.15) is 0 Å². The van der Waals surface area contributed by atoms with E-state index in [4.69, 9.17) is 5.73 Å². The van der Waals surface area contributed by atoms with Crippen LogP contribution in [0.25, 0.3) is 22.0 Å². The minimum atomic E-state index is -0.812. The fraction of sp³-hybridized carbons (Fsp3) is 0.436. The predicted octanol–water partition coefficient (Wildman–Crippen LogP) is 4.72. The Morgan fingerprint density at radius 1 is 0.940 bits per heavy atom. The Hall–Kier alpha value is -4.74. The van der Waals surface area contributed by atoms with Gasteiger partial charge in [-0.1, -0.05) is 44.2 Å². The Morgan fingerprint density at radius 2 is 1.68 bits per heavy atom. The first-order valence-corrected chi connectivity index (χ1v) is 17.9. The van der Waals surface area contributed by atoms with Crippen molar-refractivity contribution in [3.05, 3.63) is 87.7 Å². The number of hydrogen-bond acceptors (Lipinski definition) is 6. The Morgan fingerprint density at radius 3 is 2.36 bits per heavy atom. The molecule has 1 aliphatic rings. The van der Waals surface area contributed by atoms with Gasteiger partial charge < -0.3 is 26.6 Å². The fourth-order valence-corrected chi connectivity index (χ4v) is 6.83. The van der Waals surface area contributed by atoms with Gasteiger partial charge >= 0.3 is 0 Å². The van der Waals surface area contributed by atoms with Crippen LogP contribution in [-0.2, 0) is 16.0 Å². The fourth-order valence-electron chi connectivity index (χ4n) is 6.83. The van der Waals surface area contributed by atoms with E-state index >= 15 is 0 Å². The smallest absolute Gasteiger partial charge is 0.271 e. The summed E-state index contributed by atoms with van der Waals surface area (Å²) in [6.45, 7) is 10.5. The van der Waals surface area contributed by atoms with Crippen LogP contribution in [-0.4, -0.2) is 71.6 Å². The number of carbonyl (C=O) groups is 3. The molecule has 11 heteroatoms. The van der Waals surface area contributed by atoms with E-state index in [-0.39, 0.29) is 29.2 Å². The zero-order valence-electron chi connectivity index (χ0n) is 29.4. The van der Waals surface area contributed by atoms with E-state index in [9.17, 15) is 19.2 Å². The summed E-state index contributed by atoms with van der Waals surface area (Å²) in [5, 5.41) is 14.9. The van der Waals surface area contributed by atoms with Crippen LogP contribution in [0, 0.1) is 18.8 Å². The standard InChI is InChI=1S/C39H51N7O4/c1-4-46(5-2)20-6-19-41-36(47)30-15-17-32(25(3)21-30)28-11-7-26(8-12-28)22-35(43-37(48)29-13-9-27(24-40)10-14-29)39(50)42-31-16-18-33-34(23-31)44-45-38(33)49/h7-8,11-12,15-18,21,23,27,29,35H,4-6,9-10,13-14,19-20,22,24,40H2,1-3H3,(H,41,47)(H,42,50)(H,43,48)(H2,44,45,49). The van der Waals surface area contributed by atoms with E-state index in [1.54, 1.807) is 18.2 Å². The molecule has 0 bridgehead atoms. The summed E-state index contributed by atoms with van der Waals surface area (Å²) in [4.78, 5) is 54.2. The molecule has 11 nitrogen and oxygen atoms in total. The summed E-state index contributed by atoms with van der Waals surface area (Å²) in [5.41, 5.74) is 11.2. The highest BCUT2D eigenvalue weighted by atomic mass is 16.2. The van der Waals surface area contributed by atoms with Crippen molar-refractivity contribution in [1.82, 2.24) is 25.7 Å². The molecule has 0 aliphatic heterocycles. The lowest BCUT2D eigenvalue weighted by atomic mass is 9.81. The van der Waals surface area contributed by atoms with Crippen molar-refractivity contribution in [1.29, 1.82) is 0 Å². The second kappa shape index (κ2) is 17.3. The quantitative estimate of drug-likeness (QED) is 0.0994. The Balaban J connectivity index is 1.26. The van der Waals surface area contributed by atoms with Crippen LogP contribution in [0.5, 0.6) is 0 Å². The van der Waals surface area contributed by atoms with Crippen LogP contribution in [0.1, 0.15) is 67.4 Å². The van der Waals surface area contributed by atoms with Crippen molar-refractivity contribution in [2.75, 3.05) is 38.0 Å². The third kappa shape index (κ3) is 9.28. The van der Waals surface area contributed by atoms with E-state index in [1.165, 1.54) is 0 Å². The van der Waals surface area contributed by atoms with Crippen molar-refractivity contribution in [3.63, 3.8) is 0 Å². The number of nitrogens with zero attached hydrogens (tertiary/aromatic N) is 1. The maximum atomic E-state index is 13.7. The average molecular weight is 682 g/mol. The molecule has 1 heterocycles. The van der Waals surface area contributed by atoms with E-state index < -0.39 is 6.04 Å². The minimum absolute atomic E-state index is 0.0744. The van der Waals surface area contributed by atoms with Crippen LogP contribution in [0.2, 0.25) is 0 Å². The molecule has 0 spiro atoms. The molecule has 1 aromatic heterocycles. The third-order valence-corrected chi connectivity index (χ3v) is 10.1. The number of nitrogens with one attached hydrogen (secondary N) is 5. The van der Waals surface area contributed by atoms with E-state index in [0.29, 0.717) is 47.6 Å². The molecule has 1 atom stereocenters. The molecule has 1 unspecified atom stereocenters. The molecule has 50 heavy (non-hydrogen) atoms. The van der Waals surface area contributed by atoms with Gasteiger partial charge in [-0.15, -0.1) is 0 Å². The van der Waals surface area contributed by atoms with Gasteiger partial charge in [-0.3, -0.25) is 29.4 Å². The van der Waals surface area contributed by atoms with Crippen molar-refractivity contribution < 1.29 is 14.4 Å². The molecule has 1 fully saturated rings. The van der Waals surface area contributed by atoms with Crippen molar-refractivity contribution in [2.24, 2.45) is 17.6 Å². The van der Waals surface area contributed by atoms with Gasteiger partial charge in [0, 0.05) is 30.1 Å². The molecular weight excluding hydrogens is 630 g/mol. The molecule has 0 saturated heterocycles. The highest BCUT2D eigenvalue weighted by molar-refractivity contribution is 5.99. The normalized spacial score (nSPS) is 16.7. The highest BCUT2D eigenvalue weighted by Crippen LogP contribution is 2.29. The van der Waals surface area contributed by atoms with Crippen molar-refractivity contribution in [2.45, 2.75) is 65.3 Å². The zero-order valence-corrected chi connectivity index (χ0v) is 29.4. The van der Waals surface area contributed by atoms with Gasteiger partial charge in [0.1, 0.15) is 6.04 Å². The monoisotopic (exact) mass is 681 g/mol. The highest BCUT2D eigenvalue weighted by Gasteiger charge is 2.29. The number of rotatable bonds is 15. The first kappa shape index (κ1) is 36.5. The number of benzene rings is 3. The molecule has 3 aromatic carbocycles. The number of aryl methyl sites for hydroxylation is 1. The molecule has 3 amide bonds. The summed E-state index contributed by atoms with van der Waals surface area (Å²) in [6.07, 6.45) is 4.53. The molecule has 5 rings (SSSR count). The van der Waals surface area contributed by atoms with Crippen LogP contribution in [0.15, 0.2) is 65.5 Å². The molecule has 4 aromatic rings. The first-order chi connectivity index (χ1) is 24.2. The topological polar surface area (TPSA) is 165 Å². The molecule has 1 aliphatic carbocycles. The molecular formula is C39H51N7O4. The van der Waals surface area contributed by atoms with Gasteiger partial charge in [0.25, 0.3) is 11.5 Å².